The van der Waals surface area contributed by atoms with Gasteiger partial charge in [0.2, 0.25) is 0 Å². The zero-order chi connectivity index (χ0) is 12.0. The topological polar surface area (TPSA) is 38.3 Å². The Morgan fingerprint density at radius 3 is 2.94 bits per heavy atom. The molecule has 0 heterocycles. The van der Waals surface area contributed by atoms with Crippen molar-refractivity contribution in [1.29, 1.82) is 0 Å². The van der Waals surface area contributed by atoms with Gasteiger partial charge < -0.3 is 10.1 Å². The van der Waals surface area contributed by atoms with Crippen molar-refractivity contribution < 1.29 is 13.9 Å². The maximum atomic E-state index is 12.8. The van der Waals surface area contributed by atoms with Crippen molar-refractivity contribution in [3.63, 3.8) is 0 Å². The average Bonchev–Trinajstić information content (AvgIpc) is 2.26. The van der Waals surface area contributed by atoms with Crippen LogP contribution in [0.2, 0.25) is 0 Å². The van der Waals surface area contributed by atoms with Crippen molar-refractivity contribution in [2.24, 2.45) is 0 Å². The highest BCUT2D eigenvalue weighted by atomic mass is 127. The van der Waals surface area contributed by atoms with E-state index in [1.807, 2.05) is 0 Å². The van der Waals surface area contributed by atoms with Crippen LogP contribution in [0.15, 0.2) is 18.2 Å². The van der Waals surface area contributed by atoms with E-state index in [2.05, 4.69) is 32.6 Å². The molecule has 0 aliphatic rings. The van der Waals surface area contributed by atoms with Gasteiger partial charge in [-0.1, -0.05) is 0 Å². The number of rotatable bonds is 5. The van der Waals surface area contributed by atoms with E-state index in [4.69, 9.17) is 0 Å². The Labute approximate surface area is 108 Å². The Balaban J connectivity index is 2.35. The molecular formula is C11H13FINO2. The Hall–Kier alpha value is -0.850. The molecule has 1 aromatic carbocycles. The Kier molecular flexibility index (Phi) is 5.51. The molecule has 1 aromatic rings. The predicted octanol–water partition coefficient (Wildman–Crippen LogP) is 2.80. The van der Waals surface area contributed by atoms with Crippen LogP contribution in [0.1, 0.15) is 12.8 Å². The minimum atomic E-state index is -0.246. The van der Waals surface area contributed by atoms with Gasteiger partial charge in [0.1, 0.15) is 5.82 Å². The smallest absolute Gasteiger partial charge is 0.305 e. The van der Waals surface area contributed by atoms with Crippen LogP contribution < -0.4 is 5.32 Å². The van der Waals surface area contributed by atoms with E-state index in [1.54, 1.807) is 6.07 Å². The first-order valence-electron chi connectivity index (χ1n) is 4.89. The van der Waals surface area contributed by atoms with Gasteiger partial charge in [-0.05, 0) is 47.2 Å². The van der Waals surface area contributed by atoms with Gasteiger partial charge in [0, 0.05) is 22.2 Å². The number of benzene rings is 1. The van der Waals surface area contributed by atoms with Crippen LogP contribution in [0.25, 0.3) is 0 Å². The van der Waals surface area contributed by atoms with E-state index in [9.17, 15) is 9.18 Å². The highest BCUT2D eigenvalue weighted by Gasteiger charge is 2.02. The number of anilines is 1. The van der Waals surface area contributed by atoms with Crippen molar-refractivity contribution in [3.05, 3.63) is 27.6 Å². The zero-order valence-electron chi connectivity index (χ0n) is 8.93. The number of carbonyl (C=O) groups is 1. The van der Waals surface area contributed by atoms with E-state index in [-0.39, 0.29) is 11.8 Å². The molecule has 0 bridgehead atoms. The molecule has 1 N–H and O–H groups in total. The van der Waals surface area contributed by atoms with E-state index in [0.717, 1.165) is 9.26 Å². The second kappa shape index (κ2) is 6.67. The monoisotopic (exact) mass is 337 g/mol. The summed E-state index contributed by atoms with van der Waals surface area (Å²) in [7, 11) is 1.37. The summed E-state index contributed by atoms with van der Waals surface area (Å²) >= 11 is 2.06. The normalized spacial score (nSPS) is 9.94. The molecule has 88 valence electrons. The molecule has 0 atom stereocenters. The minimum Gasteiger partial charge on any atom is -0.469 e. The van der Waals surface area contributed by atoms with Crippen LogP contribution in [0.3, 0.4) is 0 Å². The van der Waals surface area contributed by atoms with Crippen molar-refractivity contribution >= 4 is 34.2 Å². The molecule has 0 amide bonds. The molecule has 0 aliphatic heterocycles. The first kappa shape index (κ1) is 13.2. The van der Waals surface area contributed by atoms with Gasteiger partial charge in [-0.15, -0.1) is 0 Å². The number of halogens is 2. The number of nitrogens with one attached hydrogen (secondary N) is 1. The number of hydrogen-bond acceptors (Lipinski definition) is 3. The molecule has 0 fully saturated rings. The largest absolute Gasteiger partial charge is 0.469 e. The second-order valence-corrected chi connectivity index (χ2v) is 4.39. The van der Waals surface area contributed by atoms with E-state index in [1.165, 1.54) is 19.2 Å². The fourth-order valence-corrected chi connectivity index (χ4v) is 1.86. The summed E-state index contributed by atoms with van der Waals surface area (Å²) in [5.41, 5.74) is 0.881. The van der Waals surface area contributed by atoms with Crippen LogP contribution >= 0.6 is 22.6 Å². The molecule has 0 radical (unpaired) electrons. The van der Waals surface area contributed by atoms with Crippen LogP contribution in [0, 0.1) is 9.39 Å². The van der Waals surface area contributed by atoms with Crippen LogP contribution in [-0.2, 0) is 9.53 Å². The van der Waals surface area contributed by atoms with Gasteiger partial charge in [0.05, 0.1) is 7.11 Å². The van der Waals surface area contributed by atoms with Gasteiger partial charge in [0.25, 0.3) is 0 Å². The summed E-state index contributed by atoms with van der Waals surface area (Å²) in [6.07, 6.45) is 1.08. The molecule has 3 nitrogen and oxygen atoms in total. The van der Waals surface area contributed by atoms with Gasteiger partial charge in [0.15, 0.2) is 0 Å². The Bertz CT molecular complexity index is 371. The summed E-state index contributed by atoms with van der Waals surface area (Å²) in [6, 6.07) is 4.56. The fraction of sp³-hybridized carbons (Fsp3) is 0.364. The second-order valence-electron chi connectivity index (χ2n) is 3.23. The third-order valence-corrected chi connectivity index (χ3v) is 2.92. The first-order chi connectivity index (χ1) is 7.63. The summed E-state index contributed by atoms with van der Waals surface area (Å²) < 4.78 is 18.1. The molecule has 0 aliphatic carbocycles. The molecule has 0 aromatic heterocycles. The molecule has 0 saturated carbocycles. The Morgan fingerprint density at radius 2 is 2.31 bits per heavy atom. The highest BCUT2D eigenvalue weighted by molar-refractivity contribution is 14.1. The number of carbonyl (C=O) groups excluding carboxylic acids is 1. The van der Waals surface area contributed by atoms with Gasteiger partial charge >= 0.3 is 5.97 Å². The molecule has 0 unspecified atom stereocenters. The highest BCUT2D eigenvalue weighted by Crippen LogP contribution is 2.18. The molecule has 16 heavy (non-hydrogen) atoms. The number of esters is 1. The summed E-state index contributed by atoms with van der Waals surface area (Å²) in [4.78, 5) is 10.8. The van der Waals surface area contributed by atoms with Crippen LogP contribution in [-0.4, -0.2) is 19.6 Å². The van der Waals surface area contributed by atoms with E-state index >= 15 is 0 Å². The molecule has 0 spiro atoms. The third kappa shape index (κ3) is 4.34. The standard InChI is InChI=1S/C11H13FINO2/c1-16-11(15)3-2-6-14-10-5-4-8(12)7-9(10)13/h4-5,7,14H,2-3,6H2,1H3. The number of ether oxygens (including phenoxy) is 1. The lowest BCUT2D eigenvalue weighted by Gasteiger charge is -2.07. The maximum Gasteiger partial charge on any atom is 0.305 e. The third-order valence-electron chi connectivity index (χ3n) is 2.03. The van der Waals surface area contributed by atoms with Gasteiger partial charge in [-0.2, -0.15) is 0 Å². The molecular weight excluding hydrogens is 324 g/mol. The summed E-state index contributed by atoms with van der Waals surface area (Å²) in [6.45, 7) is 0.663. The number of hydrogen-bond donors (Lipinski definition) is 1. The minimum absolute atomic E-state index is 0.212. The summed E-state index contributed by atoms with van der Waals surface area (Å²) in [5, 5.41) is 3.14. The fourth-order valence-electron chi connectivity index (χ4n) is 1.19. The molecule has 0 saturated heterocycles. The predicted molar refractivity (Wildman–Crippen MR) is 68.9 cm³/mol. The Morgan fingerprint density at radius 1 is 1.56 bits per heavy atom. The lowest BCUT2D eigenvalue weighted by Crippen LogP contribution is -2.07. The zero-order valence-corrected chi connectivity index (χ0v) is 11.1. The lowest BCUT2D eigenvalue weighted by atomic mass is 10.3. The van der Waals surface area contributed by atoms with E-state index in [0.29, 0.717) is 19.4 Å². The quantitative estimate of drug-likeness (QED) is 0.510. The van der Waals surface area contributed by atoms with Crippen molar-refractivity contribution in [2.45, 2.75) is 12.8 Å². The maximum absolute atomic E-state index is 12.8. The van der Waals surface area contributed by atoms with Gasteiger partial charge in [-0.25, -0.2) is 4.39 Å². The van der Waals surface area contributed by atoms with Crippen molar-refractivity contribution in [1.82, 2.24) is 0 Å². The van der Waals surface area contributed by atoms with E-state index < -0.39 is 0 Å². The molecule has 1 rings (SSSR count). The first-order valence-corrected chi connectivity index (χ1v) is 5.97. The lowest BCUT2D eigenvalue weighted by molar-refractivity contribution is -0.140. The van der Waals surface area contributed by atoms with Crippen molar-refractivity contribution in [3.8, 4) is 0 Å². The summed E-state index contributed by atoms with van der Waals surface area (Å²) in [5.74, 6) is -0.458. The SMILES string of the molecule is COC(=O)CCCNc1ccc(F)cc1I. The van der Waals surface area contributed by atoms with Gasteiger partial charge in [-0.3, -0.25) is 4.79 Å². The van der Waals surface area contributed by atoms with Crippen molar-refractivity contribution in [2.75, 3.05) is 19.0 Å². The number of methoxy groups -OCH3 is 1. The average molecular weight is 337 g/mol. The molecule has 5 heteroatoms. The van der Waals surface area contributed by atoms with Crippen LogP contribution in [0.5, 0.6) is 0 Å². The van der Waals surface area contributed by atoms with Crippen LogP contribution in [0.4, 0.5) is 10.1 Å².